The van der Waals surface area contributed by atoms with Crippen molar-refractivity contribution in [3.8, 4) is 0 Å². The number of rotatable bonds is 0. The molecule has 18 heavy (non-hydrogen) atoms. The molecule has 0 aliphatic carbocycles. The third-order valence-electron chi connectivity index (χ3n) is 2.84. The van der Waals surface area contributed by atoms with Gasteiger partial charge >= 0.3 is 0 Å². The van der Waals surface area contributed by atoms with Crippen LogP contribution < -0.4 is 5.43 Å². The lowest BCUT2D eigenvalue weighted by atomic mass is 10.1. The maximum absolute atomic E-state index is 12.5. The minimum Gasteiger partial charge on any atom is -0.289 e. The third-order valence-corrected chi connectivity index (χ3v) is 3.73. The van der Waals surface area contributed by atoms with E-state index in [1.54, 1.807) is 12.3 Å². The van der Waals surface area contributed by atoms with Crippen LogP contribution in [0.3, 0.4) is 0 Å². The molecule has 0 N–H and O–H groups in total. The molecular formula is C14H7BrClNO. The van der Waals surface area contributed by atoms with E-state index < -0.39 is 0 Å². The number of fused-ring (bicyclic) bond motifs is 2. The van der Waals surface area contributed by atoms with Crippen molar-refractivity contribution in [1.29, 1.82) is 0 Å². The molecule has 0 fully saturated rings. The summed E-state index contributed by atoms with van der Waals surface area (Å²) in [6, 6.07) is 10.9. The van der Waals surface area contributed by atoms with E-state index in [0.717, 1.165) is 9.86 Å². The number of halogens is 2. The van der Waals surface area contributed by atoms with Crippen molar-refractivity contribution in [1.82, 2.24) is 4.98 Å². The van der Waals surface area contributed by atoms with Gasteiger partial charge in [-0.05, 0) is 23.6 Å². The van der Waals surface area contributed by atoms with Crippen LogP contribution in [0.25, 0.3) is 21.7 Å². The Hall–Kier alpha value is -1.45. The predicted octanol–water partition coefficient (Wildman–Crippen LogP) is 4.16. The molecule has 0 radical (unpaired) electrons. The molecule has 0 unspecified atom stereocenters. The molecule has 0 atom stereocenters. The van der Waals surface area contributed by atoms with Crippen LogP contribution in [-0.2, 0) is 0 Å². The lowest BCUT2D eigenvalue weighted by Crippen LogP contribution is -1.99. The van der Waals surface area contributed by atoms with Gasteiger partial charge in [0, 0.05) is 21.4 Å². The van der Waals surface area contributed by atoms with Crippen molar-refractivity contribution < 1.29 is 0 Å². The highest BCUT2D eigenvalue weighted by Gasteiger charge is 2.05. The number of aromatic nitrogens is 1. The van der Waals surface area contributed by atoms with E-state index in [1.807, 2.05) is 30.3 Å². The smallest absolute Gasteiger partial charge is 0.195 e. The molecule has 2 aromatic carbocycles. The van der Waals surface area contributed by atoms with E-state index in [-0.39, 0.29) is 5.43 Å². The lowest BCUT2D eigenvalue weighted by molar-refractivity contribution is 1.42. The van der Waals surface area contributed by atoms with Gasteiger partial charge in [-0.15, -0.1) is 0 Å². The maximum atomic E-state index is 12.5. The van der Waals surface area contributed by atoms with E-state index in [2.05, 4.69) is 20.9 Å². The summed E-state index contributed by atoms with van der Waals surface area (Å²) >= 11 is 9.36. The normalized spacial score (nSPS) is 11.0. The first kappa shape index (κ1) is 11.6. The summed E-state index contributed by atoms with van der Waals surface area (Å²) in [5.74, 6) is 0. The van der Waals surface area contributed by atoms with Crippen LogP contribution in [0.15, 0.2) is 51.9 Å². The molecule has 1 aromatic heterocycles. The lowest BCUT2D eigenvalue weighted by Gasteiger charge is -1.94. The molecule has 2 nitrogen and oxygen atoms in total. The summed E-state index contributed by atoms with van der Waals surface area (Å²) in [5.41, 5.74) is 0.591. The van der Waals surface area contributed by atoms with Gasteiger partial charge in [0.1, 0.15) is 0 Å². The van der Waals surface area contributed by atoms with Gasteiger partial charge in [0.15, 0.2) is 5.43 Å². The number of hydrogen-bond acceptors (Lipinski definition) is 2. The molecule has 3 aromatic rings. The summed E-state index contributed by atoms with van der Waals surface area (Å²) in [7, 11) is 0. The third kappa shape index (κ3) is 1.80. The first-order valence-electron chi connectivity index (χ1n) is 5.33. The molecule has 0 bridgehead atoms. The monoisotopic (exact) mass is 319 g/mol. The standard InChI is InChI=1S/C14H7BrClNO/c15-12-3-1-2-10-9(12)4-5-13-11(14(10)18)6-8(16)7-17-13/h1-7H. The summed E-state index contributed by atoms with van der Waals surface area (Å²) < 4.78 is 0.892. The van der Waals surface area contributed by atoms with Crippen molar-refractivity contribution in [3.63, 3.8) is 0 Å². The van der Waals surface area contributed by atoms with E-state index in [1.165, 1.54) is 0 Å². The van der Waals surface area contributed by atoms with Crippen LogP contribution >= 0.6 is 27.5 Å². The van der Waals surface area contributed by atoms with Crippen LogP contribution in [0.1, 0.15) is 0 Å². The first-order chi connectivity index (χ1) is 8.66. The maximum Gasteiger partial charge on any atom is 0.195 e. The van der Waals surface area contributed by atoms with Crippen LogP contribution in [-0.4, -0.2) is 4.98 Å². The van der Waals surface area contributed by atoms with Gasteiger partial charge in [-0.25, -0.2) is 0 Å². The Labute approximate surface area is 116 Å². The quantitative estimate of drug-likeness (QED) is 0.622. The van der Waals surface area contributed by atoms with Crippen LogP contribution in [0.4, 0.5) is 0 Å². The molecule has 0 amide bonds. The molecular weight excluding hydrogens is 314 g/mol. The van der Waals surface area contributed by atoms with Gasteiger partial charge in [-0.2, -0.15) is 0 Å². The summed E-state index contributed by atoms with van der Waals surface area (Å²) in [4.78, 5) is 16.7. The highest BCUT2D eigenvalue weighted by Crippen LogP contribution is 2.23. The molecule has 0 spiro atoms. The fourth-order valence-corrected chi connectivity index (χ4v) is 2.63. The summed E-state index contributed by atoms with van der Waals surface area (Å²) in [6.07, 6.45) is 1.54. The average molecular weight is 321 g/mol. The van der Waals surface area contributed by atoms with Crippen molar-refractivity contribution in [2.45, 2.75) is 0 Å². The molecule has 88 valence electrons. The second-order valence-corrected chi connectivity index (χ2v) is 5.24. The zero-order valence-corrected chi connectivity index (χ0v) is 11.5. The Balaban J connectivity index is 2.66. The molecule has 0 saturated carbocycles. The fourth-order valence-electron chi connectivity index (χ4n) is 1.98. The van der Waals surface area contributed by atoms with Crippen LogP contribution in [0.5, 0.6) is 0 Å². The van der Waals surface area contributed by atoms with Crippen molar-refractivity contribution in [2.75, 3.05) is 0 Å². The van der Waals surface area contributed by atoms with Crippen LogP contribution in [0.2, 0.25) is 5.02 Å². The average Bonchev–Trinajstić information content (AvgIpc) is 2.50. The second-order valence-electron chi connectivity index (χ2n) is 3.95. The largest absolute Gasteiger partial charge is 0.289 e. The zero-order chi connectivity index (χ0) is 12.7. The summed E-state index contributed by atoms with van der Waals surface area (Å²) in [6.45, 7) is 0. The van der Waals surface area contributed by atoms with Crippen molar-refractivity contribution >= 4 is 49.2 Å². The van der Waals surface area contributed by atoms with Gasteiger partial charge in [-0.1, -0.05) is 45.7 Å². The van der Waals surface area contributed by atoms with Gasteiger partial charge in [0.2, 0.25) is 0 Å². The zero-order valence-electron chi connectivity index (χ0n) is 9.15. The van der Waals surface area contributed by atoms with Crippen molar-refractivity contribution in [3.05, 3.63) is 62.3 Å². The van der Waals surface area contributed by atoms with E-state index in [0.29, 0.717) is 21.3 Å². The Bertz CT molecular complexity index is 826. The first-order valence-corrected chi connectivity index (χ1v) is 6.51. The summed E-state index contributed by atoms with van der Waals surface area (Å²) in [5, 5.41) is 2.53. The molecule has 0 aliphatic heterocycles. The van der Waals surface area contributed by atoms with Gasteiger partial charge in [0.05, 0.1) is 10.5 Å². The number of pyridine rings is 1. The molecule has 0 aliphatic rings. The van der Waals surface area contributed by atoms with E-state index in [4.69, 9.17) is 11.6 Å². The highest BCUT2D eigenvalue weighted by atomic mass is 79.9. The Morgan fingerprint density at radius 3 is 2.72 bits per heavy atom. The number of benzene rings is 1. The second kappa shape index (κ2) is 4.34. The molecule has 3 rings (SSSR count). The molecule has 4 heteroatoms. The van der Waals surface area contributed by atoms with Gasteiger partial charge in [-0.3, -0.25) is 9.78 Å². The van der Waals surface area contributed by atoms with Gasteiger partial charge < -0.3 is 0 Å². The van der Waals surface area contributed by atoms with Gasteiger partial charge in [0.25, 0.3) is 0 Å². The topological polar surface area (TPSA) is 30.0 Å². The van der Waals surface area contributed by atoms with Crippen LogP contribution in [0, 0.1) is 0 Å². The van der Waals surface area contributed by atoms with Crippen molar-refractivity contribution in [2.24, 2.45) is 0 Å². The van der Waals surface area contributed by atoms with E-state index in [9.17, 15) is 4.79 Å². The number of nitrogens with zero attached hydrogens (tertiary/aromatic N) is 1. The Morgan fingerprint density at radius 2 is 1.89 bits per heavy atom. The Morgan fingerprint density at radius 1 is 1.06 bits per heavy atom. The molecule has 1 heterocycles. The number of hydrogen-bond donors (Lipinski definition) is 0. The minimum absolute atomic E-state index is 0.0544. The SMILES string of the molecule is O=c1c2cc(Cl)cnc2ccc2c(Br)cccc12. The molecule has 0 saturated heterocycles. The van der Waals surface area contributed by atoms with E-state index >= 15 is 0 Å². The Kier molecular flexibility index (Phi) is 2.80. The highest BCUT2D eigenvalue weighted by molar-refractivity contribution is 9.10. The fraction of sp³-hybridized carbons (Fsp3) is 0. The minimum atomic E-state index is -0.0544. The predicted molar refractivity (Wildman–Crippen MR) is 78.2 cm³/mol.